The van der Waals surface area contributed by atoms with Crippen LogP contribution in [0.2, 0.25) is 0 Å². The molecule has 0 radical (unpaired) electrons. The Kier molecular flexibility index (Phi) is 6.26. The molecule has 1 amide bonds. The lowest BCUT2D eigenvalue weighted by molar-refractivity contribution is -0.123. The molecule has 0 saturated carbocycles. The molecule has 1 aliphatic rings. The average Bonchev–Trinajstić information content (AvgIpc) is 3.35. The number of hydrogen-bond acceptors (Lipinski definition) is 6. The minimum Gasteiger partial charge on any atom is -0.394 e. The van der Waals surface area contributed by atoms with Crippen molar-refractivity contribution in [3.05, 3.63) is 68.6 Å². The van der Waals surface area contributed by atoms with Gasteiger partial charge in [0, 0.05) is 28.9 Å². The molecule has 10 heteroatoms. The summed E-state index contributed by atoms with van der Waals surface area (Å²) in [4.78, 5) is 41.8. The molecule has 32 heavy (non-hydrogen) atoms. The van der Waals surface area contributed by atoms with Gasteiger partial charge in [0.15, 0.2) is 0 Å². The smallest absolute Gasteiger partial charge is 0.328 e. The number of carbonyl (C=O) groups is 1. The van der Waals surface area contributed by atoms with E-state index in [1.807, 2.05) is 30.5 Å². The first-order valence-electron chi connectivity index (χ1n) is 10.5. The van der Waals surface area contributed by atoms with Gasteiger partial charge in [-0.15, -0.1) is 0 Å². The zero-order valence-corrected chi connectivity index (χ0v) is 17.7. The lowest BCUT2D eigenvalue weighted by Crippen LogP contribution is -2.49. The summed E-state index contributed by atoms with van der Waals surface area (Å²) in [5.41, 5.74) is 7.55. The molecule has 4 rings (SSSR count). The third kappa shape index (κ3) is 4.52. The van der Waals surface area contributed by atoms with Crippen molar-refractivity contribution >= 4 is 16.8 Å². The summed E-state index contributed by atoms with van der Waals surface area (Å²) in [6.45, 7) is 1.53. The number of hydrogen-bond donors (Lipinski definition) is 5. The molecule has 4 atom stereocenters. The van der Waals surface area contributed by atoms with Crippen LogP contribution in [0.3, 0.4) is 0 Å². The monoisotopic (exact) mass is 441 g/mol. The topological polar surface area (TPSA) is 155 Å². The number of rotatable bonds is 7. The third-order valence-electron chi connectivity index (χ3n) is 5.88. The molecule has 1 saturated heterocycles. The van der Waals surface area contributed by atoms with E-state index < -0.39 is 35.5 Å². The number of nitrogens with two attached hydrogens (primary N) is 1. The van der Waals surface area contributed by atoms with Crippen LogP contribution >= 0.6 is 0 Å². The number of aliphatic hydroxyl groups is 1. The van der Waals surface area contributed by atoms with Crippen LogP contribution in [-0.4, -0.2) is 56.4 Å². The summed E-state index contributed by atoms with van der Waals surface area (Å²) in [6.07, 6.45) is 3.08. The molecule has 10 nitrogen and oxygen atoms in total. The number of amides is 1. The maximum Gasteiger partial charge on any atom is 0.328 e. The number of nitrogens with zero attached hydrogens (tertiary/aromatic N) is 1. The van der Waals surface area contributed by atoms with Gasteiger partial charge in [0.2, 0.25) is 5.91 Å². The highest BCUT2D eigenvalue weighted by Gasteiger charge is 2.36. The quantitative estimate of drug-likeness (QED) is 0.334. The summed E-state index contributed by atoms with van der Waals surface area (Å²) < 4.78 is 7.20. The predicted octanol–water partition coefficient (Wildman–Crippen LogP) is -0.469. The van der Waals surface area contributed by atoms with Crippen molar-refractivity contribution in [3.63, 3.8) is 0 Å². The van der Waals surface area contributed by atoms with Crippen LogP contribution in [0.15, 0.2) is 46.2 Å². The molecule has 2 aromatic heterocycles. The number of aromatic amines is 2. The van der Waals surface area contributed by atoms with E-state index in [1.165, 1.54) is 10.8 Å². The van der Waals surface area contributed by atoms with Crippen molar-refractivity contribution in [2.45, 2.75) is 50.6 Å². The van der Waals surface area contributed by atoms with Gasteiger partial charge < -0.3 is 25.9 Å². The molecule has 3 heterocycles. The summed E-state index contributed by atoms with van der Waals surface area (Å²) in [6, 6.07) is 6.60. The molecule has 1 aromatic carbocycles. The van der Waals surface area contributed by atoms with Crippen molar-refractivity contribution in [1.29, 1.82) is 0 Å². The third-order valence-corrected chi connectivity index (χ3v) is 5.88. The van der Waals surface area contributed by atoms with Crippen LogP contribution < -0.4 is 22.3 Å². The Morgan fingerprint density at radius 2 is 2.16 bits per heavy atom. The number of para-hydroxylation sites is 1. The Bertz CT molecular complexity index is 1230. The van der Waals surface area contributed by atoms with Crippen LogP contribution in [0, 0.1) is 6.92 Å². The van der Waals surface area contributed by atoms with Crippen LogP contribution in [0.5, 0.6) is 0 Å². The van der Waals surface area contributed by atoms with Crippen molar-refractivity contribution in [1.82, 2.24) is 19.9 Å². The SMILES string of the molecule is Cc1cn(C[C@H]2C[C@H](NC(=O)C(N)Cc3c[nH]c4ccccc34)[C@@H](CO)O2)c(=O)[nH]c1=O. The Morgan fingerprint density at radius 1 is 1.38 bits per heavy atom. The molecular weight excluding hydrogens is 414 g/mol. The first-order valence-corrected chi connectivity index (χ1v) is 10.5. The fourth-order valence-electron chi connectivity index (χ4n) is 4.17. The number of aliphatic hydroxyl groups excluding tert-OH is 1. The van der Waals surface area contributed by atoms with E-state index in [0.717, 1.165) is 16.5 Å². The zero-order valence-electron chi connectivity index (χ0n) is 17.7. The molecule has 1 aliphatic heterocycles. The highest BCUT2D eigenvalue weighted by Crippen LogP contribution is 2.22. The molecule has 3 aromatic rings. The number of aromatic nitrogens is 3. The maximum absolute atomic E-state index is 12.7. The summed E-state index contributed by atoms with van der Waals surface area (Å²) in [5.74, 6) is -0.333. The van der Waals surface area contributed by atoms with Crippen molar-refractivity contribution < 1.29 is 14.6 Å². The molecule has 0 aliphatic carbocycles. The molecule has 0 bridgehead atoms. The maximum atomic E-state index is 12.7. The lowest BCUT2D eigenvalue weighted by atomic mass is 10.0. The molecule has 1 fully saturated rings. The molecule has 0 spiro atoms. The Balaban J connectivity index is 1.39. The number of benzene rings is 1. The van der Waals surface area contributed by atoms with E-state index in [1.54, 1.807) is 6.92 Å². The minimum atomic E-state index is -0.767. The number of aryl methyl sites for hydroxylation is 1. The summed E-state index contributed by atoms with van der Waals surface area (Å²) >= 11 is 0. The van der Waals surface area contributed by atoms with Gasteiger partial charge in [-0.2, -0.15) is 0 Å². The first-order chi connectivity index (χ1) is 15.4. The van der Waals surface area contributed by atoms with Gasteiger partial charge in [0.25, 0.3) is 5.56 Å². The van der Waals surface area contributed by atoms with Gasteiger partial charge in [-0.3, -0.25) is 19.1 Å². The predicted molar refractivity (Wildman–Crippen MR) is 118 cm³/mol. The zero-order chi connectivity index (χ0) is 22.8. The van der Waals surface area contributed by atoms with E-state index in [9.17, 15) is 19.5 Å². The van der Waals surface area contributed by atoms with Gasteiger partial charge in [0.05, 0.1) is 31.3 Å². The number of fused-ring (bicyclic) bond motifs is 1. The van der Waals surface area contributed by atoms with Crippen LogP contribution in [0.1, 0.15) is 17.5 Å². The number of ether oxygens (including phenoxy) is 1. The number of carbonyl (C=O) groups excluding carboxylic acids is 1. The highest BCUT2D eigenvalue weighted by molar-refractivity contribution is 5.86. The molecule has 170 valence electrons. The van der Waals surface area contributed by atoms with E-state index in [-0.39, 0.29) is 19.1 Å². The standard InChI is InChI=1S/C22H27N5O5/c1-12-9-27(22(31)26-20(12)29)10-14-7-18(19(11-28)32-14)25-21(30)16(23)6-13-8-24-17-5-3-2-4-15(13)17/h2-5,8-9,14,16,18-19,24,28H,6-7,10-11,23H2,1H3,(H,25,30)(H,26,29,31)/t14-,16?,18+,19-/m1/s1. The second-order valence-electron chi connectivity index (χ2n) is 8.22. The number of H-pyrrole nitrogens is 2. The Morgan fingerprint density at radius 3 is 2.94 bits per heavy atom. The Labute approximate surface area is 183 Å². The van der Waals surface area contributed by atoms with Crippen LogP contribution in [-0.2, 0) is 22.5 Å². The van der Waals surface area contributed by atoms with Crippen molar-refractivity contribution in [3.8, 4) is 0 Å². The van der Waals surface area contributed by atoms with Gasteiger partial charge in [-0.25, -0.2) is 4.79 Å². The van der Waals surface area contributed by atoms with Crippen LogP contribution in [0.25, 0.3) is 10.9 Å². The second kappa shape index (κ2) is 9.11. The van der Waals surface area contributed by atoms with E-state index in [0.29, 0.717) is 18.4 Å². The molecule has 1 unspecified atom stereocenters. The average molecular weight is 441 g/mol. The minimum absolute atomic E-state index is 0.195. The highest BCUT2D eigenvalue weighted by atomic mass is 16.5. The van der Waals surface area contributed by atoms with Crippen molar-refractivity contribution in [2.24, 2.45) is 5.73 Å². The molecular formula is C22H27N5O5. The first kappa shape index (κ1) is 22.0. The van der Waals surface area contributed by atoms with E-state index >= 15 is 0 Å². The van der Waals surface area contributed by atoms with E-state index in [4.69, 9.17) is 10.5 Å². The normalized spacial score (nSPS) is 21.7. The largest absolute Gasteiger partial charge is 0.394 e. The summed E-state index contributed by atoms with van der Waals surface area (Å²) in [5, 5.41) is 13.6. The summed E-state index contributed by atoms with van der Waals surface area (Å²) in [7, 11) is 0. The lowest BCUT2D eigenvalue weighted by Gasteiger charge is -2.20. The van der Waals surface area contributed by atoms with Gasteiger partial charge >= 0.3 is 5.69 Å². The Hall–Kier alpha value is -3.21. The van der Waals surface area contributed by atoms with Gasteiger partial charge in [0.1, 0.15) is 6.10 Å². The van der Waals surface area contributed by atoms with Gasteiger partial charge in [-0.05, 0) is 31.4 Å². The fourth-order valence-corrected chi connectivity index (χ4v) is 4.17. The molecule has 6 N–H and O–H groups in total. The van der Waals surface area contributed by atoms with Gasteiger partial charge in [-0.1, -0.05) is 18.2 Å². The van der Waals surface area contributed by atoms with E-state index in [2.05, 4.69) is 15.3 Å². The second-order valence-corrected chi connectivity index (χ2v) is 8.22. The fraction of sp³-hybridized carbons (Fsp3) is 0.409. The van der Waals surface area contributed by atoms with Crippen LogP contribution in [0.4, 0.5) is 0 Å². The number of nitrogens with one attached hydrogen (secondary N) is 3. The van der Waals surface area contributed by atoms with Crippen molar-refractivity contribution in [2.75, 3.05) is 6.61 Å².